The van der Waals surface area contributed by atoms with Gasteiger partial charge in [-0.05, 0) is 38.4 Å². The summed E-state index contributed by atoms with van der Waals surface area (Å²) in [6, 6.07) is 5.72. The molecule has 5 nitrogen and oxygen atoms in total. The van der Waals surface area contributed by atoms with E-state index >= 15 is 0 Å². The normalized spacial score (nSPS) is 12.4. The molecule has 0 saturated heterocycles. The third-order valence-electron chi connectivity index (χ3n) is 2.77. The van der Waals surface area contributed by atoms with Gasteiger partial charge in [0.15, 0.2) is 5.78 Å². The number of nitrogens with one attached hydrogen (secondary N) is 1. The van der Waals surface area contributed by atoms with Crippen molar-refractivity contribution in [3.05, 3.63) is 34.9 Å². The van der Waals surface area contributed by atoms with Crippen molar-refractivity contribution in [2.45, 2.75) is 12.5 Å². The molecule has 1 aromatic rings. The third-order valence-corrected chi connectivity index (χ3v) is 3.03. The van der Waals surface area contributed by atoms with Crippen LogP contribution in [0.15, 0.2) is 24.3 Å². The number of benzene rings is 1. The van der Waals surface area contributed by atoms with Crippen molar-refractivity contribution >= 4 is 23.4 Å². The minimum absolute atomic E-state index is 0.233. The molecule has 1 rings (SSSR count). The van der Waals surface area contributed by atoms with Crippen LogP contribution in [-0.4, -0.2) is 55.0 Å². The quantitative estimate of drug-likeness (QED) is 0.712. The average molecular weight is 299 g/mol. The lowest BCUT2D eigenvalue weighted by molar-refractivity contribution is -0.137. The molecule has 2 N–H and O–H groups in total. The summed E-state index contributed by atoms with van der Waals surface area (Å²) in [4.78, 5) is 25.1. The SMILES string of the molecule is CN(C)CCNC(CC(=O)O)C(=O)c1ccc(Cl)cc1. The van der Waals surface area contributed by atoms with Gasteiger partial charge in [-0.3, -0.25) is 9.59 Å². The number of ketones is 1. The standard InChI is InChI=1S/C14H19ClN2O3/c1-17(2)8-7-16-12(9-13(18)19)14(20)10-3-5-11(15)6-4-10/h3-6,12,16H,7-9H2,1-2H3,(H,18,19). The number of carbonyl (C=O) groups is 2. The Morgan fingerprint density at radius 3 is 2.40 bits per heavy atom. The number of carbonyl (C=O) groups excluding carboxylic acids is 1. The summed E-state index contributed by atoms with van der Waals surface area (Å²) in [5.74, 6) is -1.24. The van der Waals surface area contributed by atoms with Crippen LogP contribution >= 0.6 is 11.6 Å². The van der Waals surface area contributed by atoms with E-state index in [1.54, 1.807) is 24.3 Å². The van der Waals surface area contributed by atoms with Crippen molar-refractivity contribution in [2.75, 3.05) is 27.2 Å². The van der Waals surface area contributed by atoms with Gasteiger partial charge in [-0.1, -0.05) is 11.6 Å². The summed E-state index contributed by atoms with van der Waals surface area (Å²) < 4.78 is 0. The van der Waals surface area contributed by atoms with Gasteiger partial charge in [0.25, 0.3) is 0 Å². The Balaban J connectivity index is 2.73. The highest BCUT2D eigenvalue weighted by molar-refractivity contribution is 6.30. The molecule has 0 aliphatic rings. The minimum Gasteiger partial charge on any atom is -0.481 e. The Morgan fingerprint density at radius 1 is 1.30 bits per heavy atom. The Morgan fingerprint density at radius 2 is 1.90 bits per heavy atom. The first-order valence-corrected chi connectivity index (χ1v) is 6.67. The molecule has 1 atom stereocenters. The van der Waals surface area contributed by atoms with Crippen LogP contribution in [0.3, 0.4) is 0 Å². The van der Waals surface area contributed by atoms with Gasteiger partial charge in [-0.2, -0.15) is 0 Å². The lowest BCUT2D eigenvalue weighted by Crippen LogP contribution is -2.41. The largest absolute Gasteiger partial charge is 0.481 e. The topological polar surface area (TPSA) is 69.6 Å². The van der Waals surface area contributed by atoms with E-state index in [4.69, 9.17) is 16.7 Å². The van der Waals surface area contributed by atoms with Gasteiger partial charge < -0.3 is 15.3 Å². The van der Waals surface area contributed by atoms with Crippen molar-refractivity contribution in [3.63, 3.8) is 0 Å². The third kappa shape index (κ3) is 5.69. The fourth-order valence-electron chi connectivity index (χ4n) is 1.71. The zero-order chi connectivity index (χ0) is 15.1. The summed E-state index contributed by atoms with van der Waals surface area (Å²) in [7, 11) is 3.82. The van der Waals surface area contributed by atoms with E-state index in [0.29, 0.717) is 17.1 Å². The molecule has 0 fully saturated rings. The maximum absolute atomic E-state index is 12.3. The van der Waals surface area contributed by atoms with Crippen LogP contribution < -0.4 is 5.32 Å². The molecule has 0 heterocycles. The average Bonchev–Trinajstić information content (AvgIpc) is 2.37. The number of hydrogen-bond acceptors (Lipinski definition) is 4. The summed E-state index contributed by atoms with van der Waals surface area (Å²) in [6.45, 7) is 1.27. The van der Waals surface area contributed by atoms with Crippen molar-refractivity contribution < 1.29 is 14.7 Å². The fraction of sp³-hybridized carbons (Fsp3) is 0.429. The molecule has 0 saturated carbocycles. The number of likely N-dealkylation sites (N-methyl/N-ethyl adjacent to an activating group) is 1. The Bertz CT molecular complexity index is 460. The fourth-order valence-corrected chi connectivity index (χ4v) is 1.84. The van der Waals surface area contributed by atoms with Gasteiger partial charge in [0, 0.05) is 23.7 Å². The van der Waals surface area contributed by atoms with E-state index in [1.807, 2.05) is 19.0 Å². The monoisotopic (exact) mass is 298 g/mol. The summed E-state index contributed by atoms with van der Waals surface area (Å²) in [5.41, 5.74) is 0.456. The number of hydrogen-bond donors (Lipinski definition) is 2. The Kier molecular flexibility index (Phi) is 6.64. The number of carboxylic acids is 1. The minimum atomic E-state index is -1.00. The molecular formula is C14H19ClN2O3. The van der Waals surface area contributed by atoms with Crippen molar-refractivity contribution in [3.8, 4) is 0 Å². The van der Waals surface area contributed by atoms with Crippen LogP contribution in [0.2, 0.25) is 5.02 Å². The molecule has 1 unspecified atom stereocenters. The molecule has 0 spiro atoms. The van der Waals surface area contributed by atoms with Crippen molar-refractivity contribution in [2.24, 2.45) is 0 Å². The highest BCUT2D eigenvalue weighted by atomic mass is 35.5. The van der Waals surface area contributed by atoms with Gasteiger partial charge in [-0.25, -0.2) is 0 Å². The number of halogens is 1. The first-order valence-electron chi connectivity index (χ1n) is 6.30. The van der Waals surface area contributed by atoms with Crippen LogP contribution in [0.25, 0.3) is 0 Å². The number of rotatable bonds is 8. The zero-order valence-electron chi connectivity index (χ0n) is 11.6. The first-order chi connectivity index (χ1) is 9.40. The lowest BCUT2D eigenvalue weighted by atomic mass is 10.0. The number of carboxylic acid groups (broad SMARTS) is 1. The van der Waals surface area contributed by atoms with E-state index in [-0.39, 0.29) is 12.2 Å². The lowest BCUT2D eigenvalue weighted by Gasteiger charge is -2.17. The Hall–Kier alpha value is -1.43. The molecule has 0 amide bonds. The van der Waals surface area contributed by atoms with Crippen LogP contribution in [0, 0.1) is 0 Å². The van der Waals surface area contributed by atoms with Gasteiger partial charge in [0.1, 0.15) is 0 Å². The van der Waals surface area contributed by atoms with Crippen LogP contribution in [0.5, 0.6) is 0 Å². The second-order valence-electron chi connectivity index (χ2n) is 4.78. The van der Waals surface area contributed by atoms with E-state index < -0.39 is 12.0 Å². The van der Waals surface area contributed by atoms with Gasteiger partial charge in [0.2, 0.25) is 0 Å². The van der Waals surface area contributed by atoms with E-state index in [2.05, 4.69) is 5.32 Å². The van der Waals surface area contributed by atoms with Crippen LogP contribution in [0.1, 0.15) is 16.8 Å². The van der Waals surface area contributed by atoms with E-state index in [1.165, 1.54) is 0 Å². The van der Waals surface area contributed by atoms with Gasteiger partial charge in [0.05, 0.1) is 12.5 Å². The van der Waals surface area contributed by atoms with E-state index in [9.17, 15) is 9.59 Å². The van der Waals surface area contributed by atoms with Gasteiger partial charge >= 0.3 is 5.97 Å². The van der Waals surface area contributed by atoms with Crippen molar-refractivity contribution in [1.29, 1.82) is 0 Å². The molecule has 0 radical (unpaired) electrons. The second-order valence-corrected chi connectivity index (χ2v) is 5.22. The molecule has 20 heavy (non-hydrogen) atoms. The molecule has 0 bridgehead atoms. The van der Waals surface area contributed by atoms with E-state index in [0.717, 1.165) is 6.54 Å². The maximum Gasteiger partial charge on any atom is 0.305 e. The van der Waals surface area contributed by atoms with Crippen LogP contribution in [-0.2, 0) is 4.79 Å². The van der Waals surface area contributed by atoms with Crippen LogP contribution in [0.4, 0.5) is 0 Å². The maximum atomic E-state index is 12.3. The Labute approximate surface area is 123 Å². The predicted octanol–water partition coefficient (Wildman–Crippen LogP) is 1.52. The molecular weight excluding hydrogens is 280 g/mol. The summed E-state index contributed by atoms with van der Waals surface area (Å²) >= 11 is 5.77. The highest BCUT2D eigenvalue weighted by Crippen LogP contribution is 2.12. The van der Waals surface area contributed by atoms with Crippen molar-refractivity contribution in [1.82, 2.24) is 10.2 Å². The molecule has 6 heteroatoms. The van der Waals surface area contributed by atoms with Gasteiger partial charge in [-0.15, -0.1) is 0 Å². The summed E-state index contributed by atoms with van der Waals surface area (Å²) in [6.07, 6.45) is -0.241. The number of Topliss-reactive ketones (excluding diaryl/α,β-unsaturated/α-hetero) is 1. The molecule has 0 aliphatic carbocycles. The molecule has 110 valence electrons. The smallest absolute Gasteiger partial charge is 0.305 e. The molecule has 0 aliphatic heterocycles. The highest BCUT2D eigenvalue weighted by Gasteiger charge is 2.22. The summed E-state index contributed by atoms with van der Waals surface area (Å²) in [5, 5.41) is 12.4. The first kappa shape index (κ1) is 16.6. The molecule has 0 aromatic heterocycles. The predicted molar refractivity (Wildman–Crippen MR) is 78.4 cm³/mol. The molecule has 1 aromatic carbocycles. The second kappa shape index (κ2) is 7.99. The zero-order valence-corrected chi connectivity index (χ0v) is 12.4. The number of aliphatic carboxylic acids is 1. The number of nitrogens with zero attached hydrogens (tertiary/aromatic N) is 1.